The highest BCUT2D eigenvalue weighted by Crippen LogP contribution is 2.16. The predicted octanol–water partition coefficient (Wildman–Crippen LogP) is 4.16. The molecule has 0 bridgehead atoms. The first-order valence-corrected chi connectivity index (χ1v) is 8.70. The molecule has 1 heterocycles. The molecule has 0 aliphatic rings. The summed E-state index contributed by atoms with van der Waals surface area (Å²) >= 11 is 13.2. The van der Waals surface area contributed by atoms with Crippen molar-refractivity contribution >= 4 is 46.0 Å². The van der Waals surface area contributed by atoms with E-state index in [0.717, 1.165) is 35.5 Å². The fourth-order valence-corrected chi connectivity index (χ4v) is 3.02. The minimum atomic E-state index is 0.722. The van der Waals surface area contributed by atoms with Crippen molar-refractivity contribution in [1.29, 1.82) is 0 Å². The highest BCUT2D eigenvalue weighted by Gasteiger charge is 2.11. The Morgan fingerprint density at radius 3 is 2.50 bits per heavy atom. The van der Waals surface area contributed by atoms with Crippen molar-refractivity contribution in [1.82, 2.24) is 9.80 Å². The van der Waals surface area contributed by atoms with Crippen LogP contribution in [0.1, 0.15) is 4.88 Å². The Kier molecular flexibility index (Phi) is 6.64. The SMILES string of the molecule is CN(C)CCN(Cc1cccs1)C(=S)Nc1ccc(Cl)cc1. The van der Waals surface area contributed by atoms with Gasteiger partial charge in [-0.3, -0.25) is 0 Å². The summed E-state index contributed by atoms with van der Waals surface area (Å²) in [5.41, 5.74) is 0.954. The van der Waals surface area contributed by atoms with Crippen LogP contribution in [0.3, 0.4) is 0 Å². The fraction of sp³-hybridized carbons (Fsp3) is 0.312. The van der Waals surface area contributed by atoms with Crippen molar-refractivity contribution in [3.63, 3.8) is 0 Å². The summed E-state index contributed by atoms with van der Waals surface area (Å²) in [4.78, 5) is 5.65. The average Bonchev–Trinajstić information content (AvgIpc) is 2.98. The summed E-state index contributed by atoms with van der Waals surface area (Å²) in [5, 5.41) is 6.84. The maximum absolute atomic E-state index is 5.91. The van der Waals surface area contributed by atoms with Gasteiger partial charge >= 0.3 is 0 Å². The average molecular weight is 354 g/mol. The van der Waals surface area contributed by atoms with Gasteiger partial charge in [0.25, 0.3) is 0 Å². The normalized spacial score (nSPS) is 10.7. The third kappa shape index (κ3) is 5.57. The molecule has 1 aromatic carbocycles. The molecule has 0 unspecified atom stereocenters. The second-order valence-electron chi connectivity index (χ2n) is 5.24. The summed E-state index contributed by atoms with van der Waals surface area (Å²) in [6.45, 7) is 2.66. The molecule has 0 atom stereocenters. The first-order chi connectivity index (χ1) is 10.5. The summed E-state index contributed by atoms with van der Waals surface area (Å²) in [5.74, 6) is 0. The van der Waals surface area contributed by atoms with Crippen LogP contribution < -0.4 is 5.32 Å². The van der Waals surface area contributed by atoms with E-state index >= 15 is 0 Å². The Balaban J connectivity index is 2.02. The third-order valence-electron chi connectivity index (χ3n) is 3.13. The zero-order valence-electron chi connectivity index (χ0n) is 12.8. The number of thiophene rings is 1. The number of hydrogen-bond acceptors (Lipinski definition) is 3. The fourth-order valence-electron chi connectivity index (χ4n) is 1.90. The molecule has 1 aromatic heterocycles. The van der Waals surface area contributed by atoms with Crippen LogP contribution >= 0.6 is 35.2 Å². The molecular weight excluding hydrogens is 334 g/mol. The van der Waals surface area contributed by atoms with Crippen LogP contribution in [0.15, 0.2) is 41.8 Å². The van der Waals surface area contributed by atoms with Gasteiger partial charge in [-0.15, -0.1) is 11.3 Å². The molecule has 0 saturated carbocycles. The lowest BCUT2D eigenvalue weighted by Gasteiger charge is -2.27. The Morgan fingerprint density at radius 1 is 1.18 bits per heavy atom. The summed E-state index contributed by atoms with van der Waals surface area (Å²) in [6, 6.07) is 11.8. The second-order valence-corrected chi connectivity index (χ2v) is 7.10. The topological polar surface area (TPSA) is 18.5 Å². The van der Waals surface area contributed by atoms with Gasteiger partial charge in [-0.05, 0) is 62.0 Å². The van der Waals surface area contributed by atoms with Crippen LogP contribution in [0.2, 0.25) is 5.02 Å². The van der Waals surface area contributed by atoms with Crippen molar-refractivity contribution in [2.45, 2.75) is 6.54 Å². The molecular formula is C16H20ClN3S2. The number of thiocarbonyl (C=S) groups is 1. The molecule has 22 heavy (non-hydrogen) atoms. The number of halogens is 1. The zero-order chi connectivity index (χ0) is 15.9. The Hall–Kier alpha value is -1.14. The van der Waals surface area contributed by atoms with Crippen LogP contribution in [0.4, 0.5) is 5.69 Å². The zero-order valence-corrected chi connectivity index (χ0v) is 15.1. The van der Waals surface area contributed by atoms with E-state index in [1.165, 1.54) is 4.88 Å². The van der Waals surface area contributed by atoms with Gasteiger partial charge in [0.1, 0.15) is 0 Å². The van der Waals surface area contributed by atoms with Gasteiger partial charge in [0.15, 0.2) is 5.11 Å². The molecule has 0 aliphatic heterocycles. The summed E-state index contributed by atoms with van der Waals surface area (Å²) < 4.78 is 0. The van der Waals surface area contributed by atoms with Gasteiger partial charge in [0.05, 0.1) is 6.54 Å². The molecule has 6 heteroatoms. The van der Waals surface area contributed by atoms with Crippen LogP contribution in [0.5, 0.6) is 0 Å². The van der Waals surface area contributed by atoms with Crippen molar-refractivity contribution in [3.8, 4) is 0 Å². The number of likely N-dealkylation sites (N-methyl/N-ethyl adjacent to an activating group) is 1. The smallest absolute Gasteiger partial charge is 0.173 e. The molecule has 3 nitrogen and oxygen atoms in total. The summed E-state index contributed by atoms with van der Waals surface area (Å²) in [7, 11) is 4.14. The number of nitrogens with one attached hydrogen (secondary N) is 1. The summed E-state index contributed by atoms with van der Waals surface area (Å²) in [6.07, 6.45) is 0. The quantitative estimate of drug-likeness (QED) is 0.785. The maximum atomic E-state index is 5.91. The molecule has 2 aromatic rings. The van der Waals surface area contributed by atoms with Gasteiger partial charge in [-0.1, -0.05) is 17.7 Å². The molecule has 0 spiro atoms. The number of rotatable bonds is 6. The van der Waals surface area contributed by atoms with E-state index in [-0.39, 0.29) is 0 Å². The number of nitrogens with zero attached hydrogens (tertiary/aromatic N) is 2. The number of hydrogen-bond donors (Lipinski definition) is 1. The molecule has 0 amide bonds. The highest BCUT2D eigenvalue weighted by molar-refractivity contribution is 7.80. The van der Waals surface area contributed by atoms with E-state index in [4.69, 9.17) is 23.8 Å². The number of anilines is 1. The van der Waals surface area contributed by atoms with Crippen LogP contribution in [-0.2, 0) is 6.54 Å². The van der Waals surface area contributed by atoms with Gasteiger partial charge in [0, 0.05) is 28.7 Å². The Labute approximate surface area is 146 Å². The third-order valence-corrected chi connectivity index (χ3v) is 4.60. The van der Waals surface area contributed by atoms with E-state index < -0.39 is 0 Å². The minimum absolute atomic E-state index is 0.722. The standard InChI is InChI=1S/C16H20ClN3S2/c1-19(2)9-10-20(12-15-4-3-11-22-15)16(21)18-14-7-5-13(17)6-8-14/h3-8,11H,9-10,12H2,1-2H3,(H,18,21). The van der Waals surface area contributed by atoms with Crippen molar-refractivity contribution < 1.29 is 0 Å². The predicted molar refractivity (Wildman–Crippen MR) is 101 cm³/mol. The lowest BCUT2D eigenvalue weighted by molar-refractivity contribution is 0.329. The molecule has 0 saturated heterocycles. The molecule has 118 valence electrons. The molecule has 0 radical (unpaired) electrons. The van der Waals surface area contributed by atoms with Gasteiger partial charge in [-0.25, -0.2) is 0 Å². The minimum Gasteiger partial charge on any atom is -0.343 e. The van der Waals surface area contributed by atoms with E-state index in [0.29, 0.717) is 0 Å². The monoisotopic (exact) mass is 353 g/mol. The van der Waals surface area contributed by atoms with Crippen LogP contribution in [0, 0.1) is 0 Å². The van der Waals surface area contributed by atoms with E-state index in [1.54, 1.807) is 11.3 Å². The highest BCUT2D eigenvalue weighted by atomic mass is 35.5. The molecule has 2 rings (SSSR count). The van der Waals surface area contributed by atoms with Gasteiger partial charge in [-0.2, -0.15) is 0 Å². The van der Waals surface area contributed by atoms with Crippen molar-refractivity contribution in [2.24, 2.45) is 0 Å². The number of benzene rings is 1. The van der Waals surface area contributed by atoms with Crippen molar-refractivity contribution in [2.75, 3.05) is 32.5 Å². The Bertz CT molecular complexity index is 582. The van der Waals surface area contributed by atoms with Crippen molar-refractivity contribution in [3.05, 3.63) is 51.7 Å². The van der Waals surface area contributed by atoms with E-state index in [9.17, 15) is 0 Å². The lowest BCUT2D eigenvalue weighted by Crippen LogP contribution is -2.38. The first-order valence-electron chi connectivity index (χ1n) is 7.03. The maximum Gasteiger partial charge on any atom is 0.173 e. The second kappa shape index (κ2) is 8.48. The van der Waals surface area contributed by atoms with E-state index in [2.05, 4.69) is 46.7 Å². The Morgan fingerprint density at radius 2 is 1.91 bits per heavy atom. The van der Waals surface area contributed by atoms with E-state index in [1.807, 2.05) is 24.3 Å². The van der Waals surface area contributed by atoms with Gasteiger partial charge in [0.2, 0.25) is 0 Å². The van der Waals surface area contributed by atoms with Crippen LogP contribution in [-0.4, -0.2) is 42.1 Å². The largest absolute Gasteiger partial charge is 0.343 e. The van der Waals surface area contributed by atoms with Crippen LogP contribution in [0.25, 0.3) is 0 Å². The van der Waals surface area contributed by atoms with Gasteiger partial charge < -0.3 is 15.1 Å². The lowest BCUT2D eigenvalue weighted by atomic mass is 10.3. The molecule has 0 fully saturated rings. The molecule has 0 aliphatic carbocycles. The first kappa shape index (κ1) is 17.2. The molecule has 1 N–H and O–H groups in total.